The quantitative estimate of drug-likeness (QED) is 0.476. The average molecular weight is 513 g/mol. The molecule has 5 rings (SSSR count). The van der Waals surface area contributed by atoms with E-state index in [0.717, 1.165) is 37.7 Å². The molecule has 10 heteroatoms. The van der Waals surface area contributed by atoms with Crippen molar-refractivity contribution in [2.75, 3.05) is 5.75 Å². The molecule has 2 fully saturated rings. The molecule has 2 aliphatic rings. The summed E-state index contributed by atoms with van der Waals surface area (Å²) in [7, 11) is -3.93. The standard InChI is InChI=1S/C25H28N4O4S2/c1-2-16-10-12-25(13-11-16)29(21(30)15-34-25)28-24(31)23-22(17-6-4-3-5-7-17)19-14-18(35(26,32)33)8-9-20(19)27-23/h3-9,14,16,27H,2,10-13,15H2,1H3,(H,28,31)(H2,26,32,33). The van der Waals surface area contributed by atoms with Crippen molar-refractivity contribution in [2.24, 2.45) is 11.1 Å². The van der Waals surface area contributed by atoms with E-state index in [9.17, 15) is 18.0 Å². The first-order valence-corrected chi connectivity index (χ1v) is 14.3. The summed E-state index contributed by atoms with van der Waals surface area (Å²) < 4.78 is 24.0. The predicted molar refractivity (Wildman–Crippen MR) is 137 cm³/mol. The van der Waals surface area contributed by atoms with Crippen LogP contribution in [0.1, 0.15) is 49.5 Å². The number of nitrogens with one attached hydrogen (secondary N) is 2. The minimum absolute atomic E-state index is 0.0362. The largest absolute Gasteiger partial charge is 0.350 e. The summed E-state index contributed by atoms with van der Waals surface area (Å²) in [4.78, 5) is 29.2. The van der Waals surface area contributed by atoms with Gasteiger partial charge in [-0.2, -0.15) is 0 Å². The molecule has 4 N–H and O–H groups in total. The topological polar surface area (TPSA) is 125 Å². The Morgan fingerprint density at radius 2 is 1.91 bits per heavy atom. The molecule has 2 heterocycles. The summed E-state index contributed by atoms with van der Waals surface area (Å²) in [6.07, 6.45) is 4.87. The van der Waals surface area contributed by atoms with Gasteiger partial charge < -0.3 is 4.98 Å². The number of rotatable bonds is 5. The summed E-state index contributed by atoms with van der Waals surface area (Å²) in [5.41, 5.74) is 5.07. The molecule has 35 heavy (non-hydrogen) atoms. The van der Waals surface area contributed by atoms with Gasteiger partial charge in [-0.3, -0.25) is 15.0 Å². The van der Waals surface area contributed by atoms with Gasteiger partial charge in [-0.15, -0.1) is 11.8 Å². The molecule has 1 spiro atoms. The lowest BCUT2D eigenvalue weighted by Crippen LogP contribution is -2.55. The van der Waals surface area contributed by atoms with E-state index in [2.05, 4.69) is 17.3 Å². The summed E-state index contributed by atoms with van der Waals surface area (Å²) in [6, 6.07) is 13.8. The van der Waals surface area contributed by atoms with Gasteiger partial charge in [-0.1, -0.05) is 43.7 Å². The highest BCUT2D eigenvalue weighted by Crippen LogP contribution is 2.48. The number of aromatic nitrogens is 1. The van der Waals surface area contributed by atoms with Crippen LogP contribution in [0.2, 0.25) is 0 Å². The van der Waals surface area contributed by atoms with Crippen LogP contribution in [0.25, 0.3) is 22.0 Å². The molecular weight excluding hydrogens is 484 g/mol. The lowest BCUT2D eigenvalue weighted by molar-refractivity contribution is -0.134. The fraction of sp³-hybridized carbons (Fsp3) is 0.360. The second-order valence-electron chi connectivity index (χ2n) is 9.25. The van der Waals surface area contributed by atoms with Crippen LogP contribution in [0.3, 0.4) is 0 Å². The smallest absolute Gasteiger partial charge is 0.286 e. The second-order valence-corrected chi connectivity index (χ2v) is 12.1. The third-order valence-electron chi connectivity index (χ3n) is 7.19. The van der Waals surface area contributed by atoms with E-state index in [1.54, 1.807) is 22.8 Å². The maximum Gasteiger partial charge on any atom is 0.286 e. The van der Waals surface area contributed by atoms with Crippen LogP contribution in [0, 0.1) is 5.92 Å². The van der Waals surface area contributed by atoms with E-state index in [0.29, 0.717) is 28.1 Å². The number of nitrogens with two attached hydrogens (primary N) is 1. The number of carbonyl (C=O) groups is 2. The van der Waals surface area contributed by atoms with Crippen LogP contribution in [-0.2, 0) is 14.8 Å². The number of hydrazine groups is 1. The highest BCUT2D eigenvalue weighted by Gasteiger charge is 2.49. The first-order valence-electron chi connectivity index (χ1n) is 11.7. The summed E-state index contributed by atoms with van der Waals surface area (Å²) in [5.74, 6) is 0.450. The Balaban J connectivity index is 1.55. The molecule has 184 valence electrons. The van der Waals surface area contributed by atoms with Gasteiger partial charge in [0.25, 0.3) is 11.8 Å². The number of fused-ring (bicyclic) bond motifs is 1. The second kappa shape index (κ2) is 9.00. The van der Waals surface area contributed by atoms with E-state index in [4.69, 9.17) is 5.14 Å². The lowest BCUT2D eigenvalue weighted by Gasteiger charge is -2.42. The first-order chi connectivity index (χ1) is 16.7. The van der Waals surface area contributed by atoms with Gasteiger partial charge in [0.15, 0.2) is 0 Å². The van der Waals surface area contributed by atoms with Crippen LogP contribution >= 0.6 is 11.8 Å². The number of sulfonamides is 1. The third kappa shape index (κ3) is 4.34. The molecule has 1 saturated carbocycles. The third-order valence-corrected chi connectivity index (χ3v) is 9.62. The molecular formula is C25H28N4O4S2. The zero-order valence-corrected chi connectivity index (χ0v) is 21.0. The van der Waals surface area contributed by atoms with Gasteiger partial charge in [-0.25, -0.2) is 18.6 Å². The molecule has 1 aliphatic heterocycles. The van der Waals surface area contributed by atoms with Crippen LogP contribution in [0.5, 0.6) is 0 Å². The Hall–Kier alpha value is -2.82. The zero-order valence-electron chi connectivity index (χ0n) is 19.4. The molecule has 2 amide bonds. The number of amides is 2. The number of benzene rings is 2. The predicted octanol–water partition coefficient (Wildman–Crippen LogP) is 4.00. The number of H-pyrrole nitrogens is 1. The van der Waals surface area contributed by atoms with E-state index in [-0.39, 0.29) is 16.5 Å². The van der Waals surface area contributed by atoms with Crippen molar-refractivity contribution in [1.29, 1.82) is 0 Å². The number of primary sulfonamides is 1. The molecule has 3 aromatic rings. The van der Waals surface area contributed by atoms with Crippen molar-refractivity contribution in [3.8, 4) is 11.1 Å². The lowest BCUT2D eigenvalue weighted by atomic mass is 9.84. The van der Waals surface area contributed by atoms with Crippen LogP contribution in [-0.4, -0.2) is 40.8 Å². The van der Waals surface area contributed by atoms with E-state index >= 15 is 0 Å². The van der Waals surface area contributed by atoms with Crippen molar-refractivity contribution in [3.05, 3.63) is 54.2 Å². The molecule has 0 atom stereocenters. The highest BCUT2D eigenvalue weighted by atomic mass is 32.2. The van der Waals surface area contributed by atoms with Crippen molar-refractivity contribution in [2.45, 2.75) is 48.8 Å². The molecule has 2 aromatic carbocycles. The van der Waals surface area contributed by atoms with Crippen LogP contribution in [0.15, 0.2) is 53.4 Å². The van der Waals surface area contributed by atoms with Crippen LogP contribution < -0.4 is 10.6 Å². The normalized spacial score (nSPS) is 22.7. The summed E-state index contributed by atoms with van der Waals surface area (Å²) >= 11 is 1.61. The van der Waals surface area contributed by atoms with Gasteiger partial charge in [0.05, 0.1) is 10.6 Å². The van der Waals surface area contributed by atoms with Gasteiger partial charge >= 0.3 is 0 Å². The SMILES string of the molecule is CCC1CCC2(CC1)SCC(=O)N2NC(=O)c1[nH]c2ccc(S(N)(=O)=O)cc2c1-c1ccccc1. The number of aromatic amines is 1. The molecule has 1 aromatic heterocycles. The van der Waals surface area contributed by atoms with Gasteiger partial charge in [0.2, 0.25) is 10.0 Å². The van der Waals surface area contributed by atoms with Crippen LogP contribution in [0.4, 0.5) is 0 Å². The Kier molecular flexibility index (Phi) is 6.14. The Morgan fingerprint density at radius 1 is 1.20 bits per heavy atom. The summed E-state index contributed by atoms with van der Waals surface area (Å²) in [6.45, 7) is 2.19. The zero-order chi connectivity index (χ0) is 24.8. The van der Waals surface area contributed by atoms with Gasteiger partial charge in [0.1, 0.15) is 10.6 Å². The maximum atomic E-state index is 13.6. The number of hydrogen-bond donors (Lipinski definition) is 3. The van der Waals surface area contributed by atoms with E-state index in [1.165, 1.54) is 12.1 Å². The van der Waals surface area contributed by atoms with E-state index < -0.39 is 20.8 Å². The number of carbonyl (C=O) groups excluding carboxylic acids is 2. The number of hydrogen-bond acceptors (Lipinski definition) is 5. The number of thioether (sulfide) groups is 1. The number of nitrogens with zero attached hydrogens (tertiary/aromatic N) is 1. The molecule has 8 nitrogen and oxygen atoms in total. The van der Waals surface area contributed by atoms with Crippen molar-refractivity contribution >= 4 is 44.5 Å². The molecule has 1 saturated heterocycles. The maximum absolute atomic E-state index is 13.6. The highest BCUT2D eigenvalue weighted by molar-refractivity contribution is 8.01. The fourth-order valence-corrected chi connectivity index (χ4v) is 7.06. The van der Waals surface area contributed by atoms with Crippen molar-refractivity contribution < 1.29 is 18.0 Å². The van der Waals surface area contributed by atoms with Gasteiger partial charge in [-0.05, 0) is 55.4 Å². The molecule has 0 unspecified atom stereocenters. The summed E-state index contributed by atoms with van der Waals surface area (Å²) in [5, 5.41) is 7.47. The van der Waals surface area contributed by atoms with E-state index in [1.807, 2.05) is 30.3 Å². The minimum atomic E-state index is -3.93. The van der Waals surface area contributed by atoms with Crippen molar-refractivity contribution in [3.63, 3.8) is 0 Å². The molecule has 0 radical (unpaired) electrons. The average Bonchev–Trinajstić information content (AvgIpc) is 3.38. The fourth-order valence-electron chi connectivity index (χ4n) is 5.20. The van der Waals surface area contributed by atoms with Crippen molar-refractivity contribution in [1.82, 2.24) is 15.4 Å². The minimum Gasteiger partial charge on any atom is -0.350 e. The monoisotopic (exact) mass is 512 g/mol. The Bertz CT molecular complexity index is 1390. The molecule has 1 aliphatic carbocycles. The Labute approximate surface area is 208 Å². The Morgan fingerprint density at radius 3 is 2.57 bits per heavy atom. The van der Waals surface area contributed by atoms with Gasteiger partial charge in [0, 0.05) is 16.5 Å². The molecule has 0 bridgehead atoms. The first kappa shape index (κ1) is 23.9.